The van der Waals surface area contributed by atoms with E-state index in [1.807, 2.05) is 19.9 Å². The fourth-order valence-corrected chi connectivity index (χ4v) is 5.95. The van der Waals surface area contributed by atoms with E-state index >= 15 is 0 Å². The number of aliphatic hydroxyl groups is 1. The number of aromatic nitrogens is 1. The fourth-order valence-electron chi connectivity index (χ4n) is 3.74. The normalized spacial score (nSPS) is 19.3. The van der Waals surface area contributed by atoms with Gasteiger partial charge in [-0.25, -0.2) is 8.42 Å². The summed E-state index contributed by atoms with van der Waals surface area (Å²) in [6.07, 6.45) is 0.365. The Labute approximate surface area is 181 Å². The van der Waals surface area contributed by atoms with Crippen LogP contribution in [0, 0.1) is 27.7 Å². The molecule has 1 aromatic heterocycles. The Morgan fingerprint density at radius 1 is 1.10 bits per heavy atom. The maximum Gasteiger partial charge on any atom is 0.288 e. The molecule has 1 aromatic carbocycles. The summed E-state index contributed by atoms with van der Waals surface area (Å²) in [4.78, 5) is 28.9. The number of sulfonamides is 1. The largest absolute Gasteiger partial charge is 0.392 e. The molecule has 166 valence electrons. The van der Waals surface area contributed by atoms with Crippen LogP contribution in [0.4, 0.5) is 0 Å². The Bertz CT molecular complexity index is 1090. The van der Waals surface area contributed by atoms with E-state index in [2.05, 4.69) is 15.8 Å². The molecule has 1 saturated heterocycles. The van der Waals surface area contributed by atoms with Gasteiger partial charge in [-0.1, -0.05) is 12.1 Å². The third-order valence-corrected chi connectivity index (χ3v) is 7.75. The van der Waals surface area contributed by atoms with Crippen LogP contribution in [-0.4, -0.2) is 53.3 Å². The number of amides is 2. The molecule has 2 amide bonds. The van der Waals surface area contributed by atoms with Crippen LogP contribution in [-0.2, 0) is 14.8 Å². The number of aryl methyl sites for hydroxylation is 2. The first-order valence-corrected chi connectivity index (χ1v) is 11.3. The highest BCUT2D eigenvalue weighted by Gasteiger charge is 2.44. The minimum atomic E-state index is -4.08. The van der Waals surface area contributed by atoms with Crippen LogP contribution in [0.15, 0.2) is 35.4 Å². The van der Waals surface area contributed by atoms with Crippen molar-refractivity contribution in [1.82, 2.24) is 20.1 Å². The van der Waals surface area contributed by atoms with Gasteiger partial charge >= 0.3 is 0 Å². The predicted octanol–water partition coefficient (Wildman–Crippen LogP) is 0.900. The van der Waals surface area contributed by atoms with Crippen molar-refractivity contribution in [2.45, 2.75) is 51.2 Å². The highest BCUT2D eigenvalue weighted by Crippen LogP contribution is 2.32. The van der Waals surface area contributed by atoms with Crippen LogP contribution in [0.5, 0.6) is 0 Å². The Morgan fingerprint density at radius 3 is 2.32 bits per heavy atom. The van der Waals surface area contributed by atoms with Gasteiger partial charge in [0.2, 0.25) is 10.0 Å². The lowest BCUT2D eigenvalue weighted by Gasteiger charge is -2.26. The first-order chi connectivity index (χ1) is 14.5. The molecule has 1 fully saturated rings. The van der Waals surface area contributed by atoms with E-state index in [9.17, 15) is 23.1 Å². The predicted molar refractivity (Wildman–Crippen MR) is 114 cm³/mol. The van der Waals surface area contributed by atoms with Crippen LogP contribution in [0.2, 0.25) is 0 Å². The van der Waals surface area contributed by atoms with Crippen molar-refractivity contribution in [3.63, 3.8) is 0 Å². The molecule has 0 radical (unpaired) electrons. The minimum absolute atomic E-state index is 0.0760. The lowest BCUT2D eigenvalue weighted by molar-refractivity contribution is -0.125. The highest BCUT2D eigenvalue weighted by atomic mass is 32.2. The number of nitrogens with one attached hydrogen (secondary N) is 2. The lowest BCUT2D eigenvalue weighted by atomic mass is 10.0. The molecule has 3 N–H and O–H groups in total. The maximum atomic E-state index is 13.5. The molecule has 3 rings (SSSR count). The van der Waals surface area contributed by atoms with Crippen LogP contribution in [0.25, 0.3) is 0 Å². The number of hydrogen-bond donors (Lipinski definition) is 3. The summed E-state index contributed by atoms with van der Waals surface area (Å²) >= 11 is 0. The van der Waals surface area contributed by atoms with Gasteiger partial charge in [0.15, 0.2) is 0 Å². The quantitative estimate of drug-likeness (QED) is 0.599. The van der Waals surface area contributed by atoms with E-state index in [4.69, 9.17) is 0 Å². The van der Waals surface area contributed by atoms with E-state index in [1.165, 1.54) is 12.3 Å². The highest BCUT2D eigenvalue weighted by molar-refractivity contribution is 7.89. The van der Waals surface area contributed by atoms with Crippen LogP contribution >= 0.6 is 0 Å². The Morgan fingerprint density at radius 2 is 1.74 bits per heavy atom. The zero-order valence-electron chi connectivity index (χ0n) is 17.8. The van der Waals surface area contributed by atoms with E-state index in [1.54, 1.807) is 26.0 Å². The second-order valence-corrected chi connectivity index (χ2v) is 9.56. The van der Waals surface area contributed by atoms with Crippen molar-refractivity contribution in [2.75, 3.05) is 6.54 Å². The van der Waals surface area contributed by atoms with Crippen LogP contribution in [0.3, 0.4) is 0 Å². The van der Waals surface area contributed by atoms with E-state index < -0.39 is 34.0 Å². The molecular formula is C21H26N4O5S. The molecule has 2 atom stereocenters. The smallest absolute Gasteiger partial charge is 0.288 e. The molecule has 10 heteroatoms. The molecule has 0 unspecified atom stereocenters. The van der Waals surface area contributed by atoms with Gasteiger partial charge < -0.3 is 5.11 Å². The standard InChI is InChI=1S/C21H26N4O5S/c1-12-9-13(2)15(4)19(14(12)3)31(29,30)25-11-16(26)10-18(25)21(28)24-23-20(27)17-7-5-6-8-22-17/h5-9,16,18,26H,10-11H2,1-4H3,(H,23,27)(H,24,28)/t16-,18+/m1/s1. The molecule has 0 bridgehead atoms. The van der Waals surface area contributed by atoms with Crippen molar-refractivity contribution in [3.05, 3.63) is 58.4 Å². The van der Waals surface area contributed by atoms with Crippen molar-refractivity contribution in [1.29, 1.82) is 0 Å². The van der Waals surface area contributed by atoms with Gasteiger partial charge in [-0.05, 0) is 62.1 Å². The number of hydrazine groups is 1. The third-order valence-electron chi connectivity index (χ3n) is 5.60. The molecule has 0 spiro atoms. The molecule has 0 aliphatic carbocycles. The topological polar surface area (TPSA) is 129 Å². The lowest BCUT2D eigenvalue weighted by Crippen LogP contribution is -2.51. The van der Waals surface area contributed by atoms with Gasteiger partial charge in [0.25, 0.3) is 11.8 Å². The maximum absolute atomic E-state index is 13.5. The molecule has 1 aliphatic heterocycles. The van der Waals surface area contributed by atoms with Crippen molar-refractivity contribution < 1.29 is 23.1 Å². The second kappa shape index (κ2) is 8.74. The summed E-state index contributed by atoms with van der Waals surface area (Å²) in [5, 5.41) is 10.1. The first-order valence-electron chi connectivity index (χ1n) is 9.82. The third kappa shape index (κ3) is 4.46. The van der Waals surface area contributed by atoms with Crippen molar-refractivity contribution in [2.24, 2.45) is 0 Å². The summed E-state index contributed by atoms with van der Waals surface area (Å²) in [6, 6.07) is 5.50. The Hall–Kier alpha value is -2.82. The Kier molecular flexibility index (Phi) is 6.44. The van der Waals surface area contributed by atoms with E-state index in [0.717, 1.165) is 15.4 Å². The SMILES string of the molecule is Cc1cc(C)c(C)c(S(=O)(=O)N2C[C@H](O)C[C@H]2C(=O)NNC(=O)c2ccccn2)c1C. The molecular weight excluding hydrogens is 420 g/mol. The number of carbonyl (C=O) groups excluding carboxylic acids is 2. The molecule has 0 saturated carbocycles. The van der Waals surface area contributed by atoms with Crippen molar-refractivity contribution >= 4 is 21.8 Å². The van der Waals surface area contributed by atoms with Gasteiger partial charge in [-0.15, -0.1) is 0 Å². The first kappa shape index (κ1) is 22.9. The van der Waals surface area contributed by atoms with Crippen LogP contribution in [0.1, 0.15) is 39.2 Å². The summed E-state index contributed by atoms with van der Waals surface area (Å²) < 4.78 is 28.1. The van der Waals surface area contributed by atoms with Gasteiger partial charge in [0, 0.05) is 19.2 Å². The monoisotopic (exact) mass is 446 g/mol. The molecule has 9 nitrogen and oxygen atoms in total. The second-order valence-electron chi connectivity index (χ2n) is 7.73. The number of aliphatic hydroxyl groups excluding tert-OH is 1. The van der Waals surface area contributed by atoms with Gasteiger partial charge in [-0.2, -0.15) is 4.31 Å². The zero-order chi connectivity index (χ0) is 22.9. The summed E-state index contributed by atoms with van der Waals surface area (Å²) in [5.74, 6) is -1.37. The van der Waals surface area contributed by atoms with Gasteiger partial charge in [-0.3, -0.25) is 25.4 Å². The van der Waals surface area contributed by atoms with Crippen molar-refractivity contribution in [3.8, 4) is 0 Å². The average molecular weight is 447 g/mol. The van der Waals surface area contributed by atoms with E-state index in [-0.39, 0.29) is 23.6 Å². The van der Waals surface area contributed by atoms with E-state index in [0.29, 0.717) is 11.1 Å². The number of β-amino-alcohol motifs (C(OH)–C–C–N with tert-alkyl or cyclic N) is 1. The molecule has 2 aromatic rings. The molecule has 1 aliphatic rings. The number of pyridine rings is 1. The fraction of sp³-hybridized carbons (Fsp3) is 0.381. The summed E-state index contributed by atoms with van der Waals surface area (Å²) in [5.41, 5.74) is 7.45. The number of rotatable bonds is 4. The number of benzene rings is 1. The number of carbonyl (C=O) groups is 2. The zero-order valence-corrected chi connectivity index (χ0v) is 18.7. The summed E-state index contributed by atoms with van der Waals surface area (Å²) in [6.45, 7) is 6.90. The molecule has 31 heavy (non-hydrogen) atoms. The van der Waals surface area contributed by atoms with Gasteiger partial charge in [0.05, 0.1) is 11.0 Å². The van der Waals surface area contributed by atoms with Gasteiger partial charge in [0.1, 0.15) is 11.7 Å². The Balaban J connectivity index is 1.86. The summed E-state index contributed by atoms with van der Waals surface area (Å²) in [7, 11) is -4.08. The minimum Gasteiger partial charge on any atom is -0.392 e. The molecule has 2 heterocycles. The average Bonchev–Trinajstić information content (AvgIpc) is 3.13. The number of hydrogen-bond acceptors (Lipinski definition) is 6. The number of nitrogens with zero attached hydrogens (tertiary/aromatic N) is 2. The van der Waals surface area contributed by atoms with Crippen LogP contribution < -0.4 is 10.9 Å².